The van der Waals surface area contributed by atoms with Gasteiger partial charge in [-0.05, 0) is 47.2 Å². The maximum Gasteiger partial charge on any atom is 0.252 e. The first kappa shape index (κ1) is 27.2. The molecule has 35 heavy (non-hydrogen) atoms. The van der Waals surface area contributed by atoms with Crippen molar-refractivity contribution in [1.82, 2.24) is 25.1 Å². The molecule has 12 heteroatoms. The van der Waals surface area contributed by atoms with Crippen molar-refractivity contribution in [3.8, 4) is 17.1 Å². The summed E-state index contributed by atoms with van der Waals surface area (Å²) < 4.78 is 27.2. The highest BCUT2D eigenvalue weighted by Gasteiger charge is 2.32. The predicted molar refractivity (Wildman–Crippen MR) is 142 cm³/mol. The fraction of sp³-hybridized carbons (Fsp3) is 0.304. The molecule has 0 saturated carbocycles. The van der Waals surface area contributed by atoms with Crippen molar-refractivity contribution in [2.75, 3.05) is 40.3 Å². The Bertz CT molecular complexity index is 1350. The van der Waals surface area contributed by atoms with Gasteiger partial charge in [-0.2, -0.15) is 0 Å². The maximum absolute atomic E-state index is 13.3. The highest BCUT2D eigenvalue weighted by Crippen LogP contribution is 2.38. The van der Waals surface area contributed by atoms with Crippen LogP contribution in [-0.4, -0.2) is 84.8 Å². The number of carbonyl (C=O) groups is 1. The molecule has 1 unspecified atom stereocenters. The second-order valence-corrected chi connectivity index (χ2v) is 11.1. The Morgan fingerprint density at radius 3 is 2.54 bits per heavy atom. The van der Waals surface area contributed by atoms with Crippen LogP contribution in [0.1, 0.15) is 10.4 Å². The topological polar surface area (TPSA) is 119 Å². The number of pyridine rings is 1. The summed E-state index contributed by atoms with van der Waals surface area (Å²) in [5.41, 5.74) is 1.77. The van der Waals surface area contributed by atoms with Crippen LogP contribution >= 0.6 is 28.3 Å². The molecule has 3 heterocycles. The number of piperazine rings is 1. The number of hydrogen-bond donors (Lipinski definition) is 3. The van der Waals surface area contributed by atoms with Crippen LogP contribution in [0.15, 0.2) is 52.5 Å². The minimum absolute atomic E-state index is 0. The Hall–Kier alpha value is -2.44. The molecule has 0 spiro atoms. The molecule has 0 radical (unpaired) electrons. The molecule has 4 rings (SSSR count). The van der Waals surface area contributed by atoms with Gasteiger partial charge in [0.15, 0.2) is 15.7 Å². The number of aromatic hydroxyl groups is 1. The van der Waals surface area contributed by atoms with Gasteiger partial charge in [-0.15, -0.1) is 19.0 Å². The minimum Gasteiger partial charge on any atom is -0.494 e. The number of hydrogen-bond acceptors (Lipinski definition) is 7. The first-order valence-electron chi connectivity index (χ1n) is 10.7. The van der Waals surface area contributed by atoms with Crippen LogP contribution in [-0.2, 0) is 9.84 Å². The molecule has 188 valence electrons. The zero-order chi connectivity index (χ0) is 24.6. The van der Waals surface area contributed by atoms with Gasteiger partial charge in [-0.3, -0.25) is 14.7 Å². The normalized spacial score (nSPS) is 16.0. The van der Waals surface area contributed by atoms with Crippen molar-refractivity contribution in [3.63, 3.8) is 0 Å². The molecule has 1 aliphatic rings. The van der Waals surface area contributed by atoms with Crippen molar-refractivity contribution in [2.45, 2.75) is 10.3 Å². The van der Waals surface area contributed by atoms with Crippen LogP contribution in [0.5, 0.6) is 5.88 Å². The van der Waals surface area contributed by atoms with Crippen molar-refractivity contribution < 1.29 is 18.3 Å². The average molecular weight is 585 g/mol. The first-order valence-corrected chi connectivity index (χ1v) is 13.0. The third-order valence-corrected chi connectivity index (χ3v) is 8.76. The SMILES string of the molecule is C=CC(N1CCN(C)CC1)S(=O)(=O)c1ccc(-c2c(O)[nH]c3cc(Br)c(C(=O)NC)cc23)nc1.Cl. The van der Waals surface area contributed by atoms with E-state index in [2.05, 4.69) is 42.7 Å². The summed E-state index contributed by atoms with van der Waals surface area (Å²) in [6.45, 7) is 6.58. The van der Waals surface area contributed by atoms with Gasteiger partial charge in [-0.1, -0.05) is 6.08 Å². The molecular formula is C23H27BrClN5O4S. The van der Waals surface area contributed by atoms with Crippen LogP contribution < -0.4 is 5.32 Å². The van der Waals surface area contributed by atoms with Gasteiger partial charge < -0.3 is 20.3 Å². The Balaban J connectivity index is 0.00000342. The number of sulfone groups is 1. The molecule has 1 amide bonds. The lowest BCUT2D eigenvalue weighted by Crippen LogP contribution is -2.50. The van der Waals surface area contributed by atoms with E-state index in [0.29, 0.717) is 45.3 Å². The number of fused-ring (bicyclic) bond motifs is 1. The van der Waals surface area contributed by atoms with E-state index in [1.165, 1.54) is 25.4 Å². The van der Waals surface area contributed by atoms with Gasteiger partial charge in [-0.25, -0.2) is 8.42 Å². The van der Waals surface area contributed by atoms with Crippen molar-refractivity contribution >= 4 is 55.0 Å². The zero-order valence-corrected chi connectivity index (χ0v) is 22.5. The molecule has 1 aliphatic heterocycles. The smallest absolute Gasteiger partial charge is 0.252 e. The quantitative estimate of drug-likeness (QED) is 0.381. The number of amides is 1. The lowest BCUT2D eigenvalue weighted by Gasteiger charge is -2.36. The Morgan fingerprint density at radius 1 is 1.29 bits per heavy atom. The molecular weight excluding hydrogens is 558 g/mol. The summed E-state index contributed by atoms with van der Waals surface area (Å²) in [6, 6.07) is 6.39. The largest absolute Gasteiger partial charge is 0.494 e. The summed E-state index contributed by atoms with van der Waals surface area (Å²) in [6.07, 6.45) is 2.76. The zero-order valence-electron chi connectivity index (χ0n) is 19.3. The van der Waals surface area contributed by atoms with Crippen molar-refractivity contribution in [1.29, 1.82) is 0 Å². The molecule has 0 aliphatic carbocycles. The van der Waals surface area contributed by atoms with E-state index in [9.17, 15) is 18.3 Å². The third kappa shape index (κ3) is 5.10. The highest BCUT2D eigenvalue weighted by atomic mass is 79.9. The van der Waals surface area contributed by atoms with E-state index >= 15 is 0 Å². The molecule has 1 aromatic carbocycles. The number of aromatic amines is 1. The van der Waals surface area contributed by atoms with E-state index in [-0.39, 0.29) is 29.1 Å². The number of likely N-dealkylation sites (N-methyl/N-ethyl adjacent to an activating group) is 1. The first-order chi connectivity index (χ1) is 16.2. The summed E-state index contributed by atoms with van der Waals surface area (Å²) >= 11 is 3.38. The lowest BCUT2D eigenvalue weighted by atomic mass is 10.1. The Morgan fingerprint density at radius 2 is 1.97 bits per heavy atom. The number of aromatic nitrogens is 2. The Kier molecular flexibility index (Phi) is 8.28. The fourth-order valence-electron chi connectivity index (χ4n) is 4.15. The van der Waals surface area contributed by atoms with Gasteiger partial charge in [0.25, 0.3) is 5.91 Å². The second kappa shape index (κ2) is 10.7. The van der Waals surface area contributed by atoms with Gasteiger partial charge in [0.2, 0.25) is 0 Å². The lowest BCUT2D eigenvalue weighted by molar-refractivity contribution is 0.0962. The van der Waals surface area contributed by atoms with Crippen LogP contribution in [0.4, 0.5) is 0 Å². The van der Waals surface area contributed by atoms with Crippen LogP contribution in [0.25, 0.3) is 22.2 Å². The van der Waals surface area contributed by atoms with Crippen molar-refractivity contribution in [2.24, 2.45) is 0 Å². The van der Waals surface area contributed by atoms with Crippen LogP contribution in [0.3, 0.4) is 0 Å². The molecule has 3 aromatic rings. The Labute approximate surface area is 218 Å². The molecule has 1 fully saturated rings. The van der Waals surface area contributed by atoms with E-state index < -0.39 is 15.2 Å². The molecule has 3 N–H and O–H groups in total. The van der Waals surface area contributed by atoms with Gasteiger partial charge in [0.1, 0.15) is 5.37 Å². The maximum atomic E-state index is 13.3. The fourth-order valence-corrected chi connectivity index (χ4v) is 6.27. The number of nitrogens with one attached hydrogen (secondary N) is 2. The van der Waals surface area contributed by atoms with E-state index in [4.69, 9.17) is 0 Å². The van der Waals surface area contributed by atoms with Gasteiger partial charge in [0.05, 0.1) is 27.2 Å². The molecule has 0 bridgehead atoms. The molecule has 1 saturated heterocycles. The third-order valence-electron chi connectivity index (χ3n) is 6.08. The standard InChI is InChI=1S/C23H26BrN5O4S.ClH/c1-4-20(29-9-7-28(3)8-10-29)34(32,33)14-5-6-18(26-13-14)21-16-11-15(22(30)25-2)17(24)12-19(16)27-23(21)31;/h4-6,11-13,20,27,31H,1,7-10H2,2-3H3,(H,25,30);1H. The number of benzene rings is 1. The van der Waals surface area contributed by atoms with Crippen LogP contribution in [0.2, 0.25) is 0 Å². The molecule has 9 nitrogen and oxygen atoms in total. The summed E-state index contributed by atoms with van der Waals surface area (Å²) in [7, 11) is -0.193. The summed E-state index contributed by atoms with van der Waals surface area (Å²) in [5, 5.41) is 12.9. The van der Waals surface area contributed by atoms with Crippen molar-refractivity contribution in [3.05, 3.63) is 53.2 Å². The summed E-state index contributed by atoms with van der Waals surface area (Å²) in [5.74, 6) is -0.408. The number of halogens is 2. The number of nitrogens with zero attached hydrogens (tertiary/aromatic N) is 3. The average Bonchev–Trinajstić information content (AvgIpc) is 3.14. The van der Waals surface area contributed by atoms with Gasteiger partial charge >= 0.3 is 0 Å². The summed E-state index contributed by atoms with van der Waals surface area (Å²) in [4.78, 5) is 23.6. The number of carbonyl (C=O) groups excluding carboxylic acids is 1. The predicted octanol–water partition coefficient (Wildman–Crippen LogP) is 3.01. The van der Waals surface area contributed by atoms with E-state index in [1.807, 2.05) is 11.9 Å². The monoisotopic (exact) mass is 583 g/mol. The minimum atomic E-state index is -3.74. The number of rotatable bonds is 6. The van der Waals surface area contributed by atoms with Crippen LogP contribution in [0, 0.1) is 0 Å². The number of H-pyrrole nitrogens is 1. The molecule has 1 atom stereocenters. The van der Waals surface area contributed by atoms with E-state index in [1.54, 1.807) is 18.2 Å². The van der Waals surface area contributed by atoms with E-state index in [0.717, 1.165) is 13.1 Å². The van der Waals surface area contributed by atoms with Gasteiger partial charge in [0, 0.05) is 49.3 Å². The second-order valence-electron chi connectivity index (χ2n) is 8.20. The highest BCUT2D eigenvalue weighted by molar-refractivity contribution is 9.10. The molecule has 2 aromatic heterocycles.